The second kappa shape index (κ2) is 57.7. The van der Waals surface area contributed by atoms with E-state index in [9.17, 15) is 14.4 Å². The molecule has 0 spiro atoms. The average molecular weight is 1550 g/mol. The quantitative estimate of drug-likeness (QED) is 0.0977. The Bertz CT molecular complexity index is 3870. The van der Waals surface area contributed by atoms with Crippen LogP contribution in [0.3, 0.4) is 0 Å². The zero-order valence-electron chi connectivity index (χ0n) is 78.5. The molecule has 0 atom stereocenters. The minimum absolute atomic E-state index is 0. The number of nitrogens with one attached hydrogen (secondary N) is 4. The molecule has 3 aliphatic heterocycles. The maximum atomic E-state index is 11.8. The van der Waals surface area contributed by atoms with Gasteiger partial charge in [-0.1, -0.05) is 274 Å². The van der Waals surface area contributed by atoms with Gasteiger partial charge in [0.05, 0.1) is 30.7 Å². The molecule has 1 aromatic carbocycles. The molecule has 22 heteroatoms. The topological polar surface area (TPSA) is 214 Å². The number of benzene rings is 1. The first kappa shape index (κ1) is 118. The number of allylic oxidation sites excluding steroid dienone is 1. The molecule has 18 nitrogen and oxygen atoms in total. The van der Waals surface area contributed by atoms with Crippen LogP contribution in [0.5, 0.6) is 0 Å². The molecule has 0 fully saturated rings. The SMILES string of the molecule is C=C1CC[n+]2cc(C(C)(C)C)ccc21.CC.CC.CC.CC.CC.CC.CC(C)(C)c1cc2n(c1)CCC2=O.CC(C)(C)c1ccc(=O)[nH]c1.CC(C)(C)c1cn[nH]c1.CC(C)c1cnc[nH]1.CC(C)c1cnc[nH]1.CC(C)c1ncn(C)n1.CN1Cc2c(cccc2C(C)(C)C)C1=O.Cn1cc(C(C)(C)C)cn1.[B].[B].[B].[B]. The number of H-pyrrole nitrogens is 4. The van der Waals surface area contributed by atoms with E-state index in [4.69, 9.17) is 0 Å². The summed E-state index contributed by atoms with van der Waals surface area (Å²) in [6, 6.07) is 15.9. The van der Waals surface area contributed by atoms with Crippen molar-refractivity contribution in [3.8, 4) is 0 Å². The number of carbonyl (C=O) groups excluding carboxylic acids is 2. The first-order valence-electron chi connectivity index (χ1n) is 40.1. The number of fused-ring (bicyclic) bond motifs is 3. The number of aromatic amines is 4. The predicted octanol–water partition coefficient (Wildman–Crippen LogP) is 21.4. The van der Waals surface area contributed by atoms with Gasteiger partial charge in [0.1, 0.15) is 6.33 Å². The molecule has 1 amide bonds. The lowest BCUT2D eigenvalue weighted by atomic mass is 9.83. The van der Waals surface area contributed by atoms with Gasteiger partial charge in [-0.25, -0.2) is 15.0 Å². The summed E-state index contributed by atoms with van der Waals surface area (Å²) in [5.41, 5.74) is 16.6. The molecule has 0 saturated heterocycles. The van der Waals surface area contributed by atoms with Crippen LogP contribution in [0.25, 0.3) is 5.57 Å². The standard InChI is InChI=1S/C13H17NO.C13H18N.C11H15NO.C9H13NO.C8H14N2.C7H12N2.C6H11N3.2C6H10N2.6C2H6.4B/c1-13(2,3)11-7-5-6-9-10(11)8-14(4)12(9)15;1-10-7-8-14-9-11(13(2,3)4)5-6-12(10)14;1-11(2,3)8-6-9-10(13)4-5-12(9)7-8;1-9(2,3)7-4-5-8(11)10-6-7;1-8(2,3)7-5-9-10(4)6-7;1-7(2,3)6-4-8-9-5-6;1-5(2)6-7-4-9(3)8-6;2*1-5(2)6-3-7-4-8-6;6*1-2;;;;/h5-7H,8H2,1-4H3;5-6,9H,1,7-8H2,2-4H3;6-7H,4-5H2,1-3H3;4-6H,1-3H3,(H,10,11);5-6H,1-4H3;4-5H,1-3H3,(H,8,9);4-5H,1-3H3;2*3-5H,1-2H3,(H,7,8);6*1-2H3;;;;/q;+1;;;;;;;;;;;;;;;;;. The maximum absolute atomic E-state index is 11.8. The van der Waals surface area contributed by atoms with Crippen molar-refractivity contribution in [1.82, 2.24) is 69.1 Å². The monoisotopic (exact) mass is 1550 g/mol. The van der Waals surface area contributed by atoms with Crippen molar-refractivity contribution >= 4 is 50.9 Å². The fraction of sp³-hybridized carbons (Fsp3) is 0.582. The van der Waals surface area contributed by atoms with Gasteiger partial charge < -0.3 is 24.4 Å². The number of hydrogen-bond acceptors (Lipinski definition) is 9. The Kier molecular flexibility index (Phi) is 60.2. The van der Waals surface area contributed by atoms with Gasteiger partial charge in [0.15, 0.2) is 24.3 Å². The van der Waals surface area contributed by atoms with Crippen molar-refractivity contribution in [2.24, 2.45) is 14.1 Å². The second-order valence-electron chi connectivity index (χ2n) is 32.4. The van der Waals surface area contributed by atoms with Crippen LogP contribution < -0.4 is 10.1 Å². The smallest absolute Gasteiger partial charge is 0.254 e. The highest BCUT2D eigenvalue weighted by Gasteiger charge is 2.31. The fourth-order valence-electron chi connectivity index (χ4n) is 9.88. The number of hydrogen-bond donors (Lipinski definition) is 4. The van der Waals surface area contributed by atoms with Crippen LogP contribution in [0.4, 0.5) is 0 Å². The number of ketones is 1. The van der Waals surface area contributed by atoms with Gasteiger partial charge in [-0.2, -0.15) is 19.9 Å². The highest BCUT2D eigenvalue weighted by Crippen LogP contribution is 2.33. The first-order chi connectivity index (χ1) is 50.8. The van der Waals surface area contributed by atoms with Gasteiger partial charge in [-0.3, -0.25) is 28.8 Å². The highest BCUT2D eigenvalue weighted by atomic mass is 16.2. The summed E-state index contributed by atoms with van der Waals surface area (Å²) in [6.45, 7) is 82.7. The lowest BCUT2D eigenvalue weighted by molar-refractivity contribution is -0.690. The van der Waals surface area contributed by atoms with Crippen LogP contribution in [0.1, 0.15) is 363 Å². The number of rotatable bonds is 3. The molecule has 624 valence electrons. The average Bonchev–Trinajstić information content (AvgIpc) is 1.66. The molecule has 11 heterocycles. The van der Waals surface area contributed by atoms with Gasteiger partial charge in [-0.15, -0.1) is 0 Å². The molecule has 9 aromatic rings. The molecule has 0 aliphatic carbocycles. The van der Waals surface area contributed by atoms with Crippen LogP contribution >= 0.6 is 0 Å². The van der Waals surface area contributed by atoms with Gasteiger partial charge in [0.25, 0.3) is 5.91 Å². The lowest BCUT2D eigenvalue weighted by Gasteiger charge is -2.22. The number of aryl methyl sites for hydroxylation is 4. The Morgan fingerprint density at radius 3 is 1.32 bits per heavy atom. The summed E-state index contributed by atoms with van der Waals surface area (Å²) in [5, 5.41) is 14.9. The summed E-state index contributed by atoms with van der Waals surface area (Å²) < 4.78 is 7.95. The van der Waals surface area contributed by atoms with Crippen molar-refractivity contribution in [1.29, 1.82) is 0 Å². The van der Waals surface area contributed by atoms with E-state index in [-0.39, 0.29) is 83.4 Å². The van der Waals surface area contributed by atoms with Crippen molar-refractivity contribution in [3.63, 3.8) is 0 Å². The number of amides is 1. The fourth-order valence-corrected chi connectivity index (χ4v) is 9.88. The number of Topliss-reactive ketones (excluding diaryl/α,β-unsaturated/α-hetero) is 1. The van der Waals surface area contributed by atoms with Crippen LogP contribution in [0.2, 0.25) is 0 Å². The summed E-state index contributed by atoms with van der Waals surface area (Å²) >= 11 is 0. The minimum Gasteiger partial charge on any atom is -0.348 e. The number of pyridine rings is 2. The molecular formula is C91H156B4N15O3+. The van der Waals surface area contributed by atoms with Crippen LogP contribution in [-0.2, 0) is 66.2 Å². The molecule has 8 aromatic heterocycles. The molecular weight excluding hydrogens is 1390 g/mol. The molecule has 0 unspecified atom stereocenters. The normalized spacial score (nSPS) is 11.7. The Hall–Kier alpha value is -8.28. The van der Waals surface area contributed by atoms with Crippen molar-refractivity contribution in [2.75, 3.05) is 7.05 Å². The predicted molar refractivity (Wildman–Crippen MR) is 489 cm³/mol. The van der Waals surface area contributed by atoms with E-state index < -0.39 is 0 Å². The Morgan fingerprint density at radius 1 is 0.504 bits per heavy atom. The third-order valence-electron chi connectivity index (χ3n) is 16.5. The third-order valence-corrected chi connectivity index (χ3v) is 16.5. The molecule has 12 rings (SSSR count). The van der Waals surface area contributed by atoms with Crippen LogP contribution in [0.15, 0.2) is 135 Å². The highest BCUT2D eigenvalue weighted by molar-refractivity contribution is 5.98. The van der Waals surface area contributed by atoms with E-state index in [1.807, 2.05) is 164 Å². The van der Waals surface area contributed by atoms with E-state index in [1.54, 1.807) is 40.8 Å². The summed E-state index contributed by atoms with van der Waals surface area (Å²) in [5.74, 6) is 2.92. The van der Waals surface area contributed by atoms with Crippen molar-refractivity contribution in [2.45, 2.75) is 332 Å². The third kappa shape index (κ3) is 43.1. The minimum atomic E-state index is -0.0435. The van der Waals surface area contributed by atoms with Crippen LogP contribution in [0, 0.1) is 0 Å². The van der Waals surface area contributed by atoms with Gasteiger partial charge in [0, 0.05) is 164 Å². The molecule has 4 N–H and O–H groups in total. The van der Waals surface area contributed by atoms with Gasteiger partial charge in [-0.05, 0) is 95.9 Å². The molecule has 12 radical (unpaired) electrons. The Balaban J connectivity index is -0.000000220. The van der Waals surface area contributed by atoms with E-state index >= 15 is 0 Å². The number of imidazole rings is 2. The summed E-state index contributed by atoms with van der Waals surface area (Å²) in [4.78, 5) is 56.2. The second-order valence-corrected chi connectivity index (χ2v) is 32.4. The maximum Gasteiger partial charge on any atom is 0.254 e. The Morgan fingerprint density at radius 2 is 0.991 bits per heavy atom. The summed E-state index contributed by atoms with van der Waals surface area (Å²) in [7, 11) is 5.67. The van der Waals surface area contributed by atoms with Crippen LogP contribution in [-0.4, -0.2) is 122 Å². The van der Waals surface area contributed by atoms with E-state index in [0.717, 1.165) is 48.7 Å². The Labute approximate surface area is 696 Å². The zero-order chi connectivity index (χ0) is 85.2. The number of aromatic nitrogens is 14. The molecule has 113 heavy (non-hydrogen) atoms. The molecule has 3 aliphatic rings. The number of nitrogens with zero attached hydrogens (tertiary/aromatic N) is 11. The van der Waals surface area contributed by atoms with Gasteiger partial charge >= 0.3 is 0 Å². The van der Waals surface area contributed by atoms with E-state index in [1.165, 1.54) is 56.0 Å². The molecule has 0 saturated carbocycles. The van der Waals surface area contributed by atoms with E-state index in [2.05, 4.69) is 269 Å². The van der Waals surface area contributed by atoms with E-state index in [0.29, 0.717) is 24.2 Å². The van der Waals surface area contributed by atoms with Crippen molar-refractivity contribution < 1.29 is 14.2 Å². The largest absolute Gasteiger partial charge is 0.348 e. The van der Waals surface area contributed by atoms with Crippen molar-refractivity contribution in [3.05, 3.63) is 213 Å². The zero-order valence-corrected chi connectivity index (χ0v) is 78.5. The lowest BCUT2D eigenvalue weighted by Crippen LogP contribution is -2.34. The summed E-state index contributed by atoms with van der Waals surface area (Å²) in [6.07, 6.45) is 24.5. The van der Waals surface area contributed by atoms with Gasteiger partial charge in [0.2, 0.25) is 11.3 Å². The molecule has 0 bridgehead atoms. The first-order valence-corrected chi connectivity index (χ1v) is 40.1. The number of carbonyl (C=O) groups is 2.